The molecule has 5 heteroatoms. The summed E-state index contributed by atoms with van der Waals surface area (Å²) in [5, 5.41) is 2.64. The van der Waals surface area contributed by atoms with E-state index < -0.39 is 6.09 Å². The van der Waals surface area contributed by atoms with Gasteiger partial charge in [0.2, 0.25) is 0 Å². The molecule has 0 fully saturated rings. The summed E-state index contributed by atoms with van der Waals surface area (Å²) in [6.45, 7) is 1.12. The maximum absolute atomic E-state index is 11.2. The lowest BCUT2D eigenvalue weighted by molar-refractivity contribution is 0.151. The molecule has 0 aliphatic rings. The number of alkyl halides is 1. The van der Waals surface area contributed by atoms with E-state index in [2.05, 4.69) is 27.9 Å². The van der Waals surface area contributed by atoms with Gasteiger partial charge in [-0.1, -0.05) is 40.8 Å². The molecule has 0 aromatic heterocycles. The van der Waals surface area contributed by atoms with E-state index >= 15 is 0 Å². The zero-order valence-corrected chi connectivity index (χ0v) is 12.6. The first-order chi connectivity index (χ1) is 8.18. The molecule has 0 atom stereocenters. The Kier molecular flexibility index (Phi) is 9.84. The number of anilines is 1. The van der Waals surface area contributed by atoms with Crippen LogP contribution in [0.5, 0.6) is 0 Å². The van der Waals surface area contributed by atoms with E-state index in [0.717, 1.165) is 12.2 Å². The molecule has 1 aromatic carbocycles. The van der Waals surface area contributed by atoms with E-state index in [1.807, 2.05) is 54.3 Å². The average molecular weight is 350 g/mol. The van der Waals surface area contributed by atoms with Gasteiger partial charge in [-0.25, -0.2) is 4.79 Å². The Morgan fingerprint density at radius 3 is 2.41 bits per heavy atom. The largest absolute Gasteiger partial charge is 0.448 e. The van der Waals surface area contributed by atoms with Crippen molar-refractivity contribution in [3.63, 3.8) is 0 Å². The van der Waals surface area contributed by atoms with Crippen LogP contribution in [0.25, 0.3) is 0 Å². The Bertz CT molecular complexity index is 305. The minimum absolute atomic E-state index is 0.395. The van der Waals surface area contributed by atoms with Gasteiger partial charge in [0, 0.05) is 12.2 Å². The number of amides is 1. The van der Waals surface area contributed by atoms with Gasteiger partial charge in [0.15, 0.2) is 0 Å². The van der Waals surface area contributed by atoms with Gasteiger partial charge in [-0.2, -0.15) is 0 Å². The second-order valence-electron chi connectivity index (χ2n) is 3.43. The minimum Gasteiger partial charge on any atom is -0.448 e. The first-order valence-electron chi connectivity index (χ1n) is 5.20. The van der Waals surface area contributed by atoms with Crippen LogP contribution < -0.4 is 5.32 Å². The molecule has 0 spiro atoms. The standard InChI is InChI=1S/C11H16N2O2.CH3I/c1-13(2)8-9-15-11(14)12-10-6-4-3-5-7-10;1-2/h3-7H,8-9H2,1-2H3,(H,12,14);1H3. The molecule has 1 aromatic rings. The summed E-state index contributed by atoms with van der Waals surface area (Å²) < 4.78 is 4.97. The predicted molar refractivity (Wildman–Crippen MR) is 79.9 cm³/mol. The van der Waals surface area contributed by atoms with Crippen LogP contribution in [-0.4, -0.2) is 43.2 Å². The van der Waals surface area contributed by atoms with E-state index in [9.17, 15) is 4.79 Å². The van der Waals surface area contributed by atoms with Gasteiger partial charge in [0.05, 0.1) is 0 Å². The van der Waals surface area contributed by atoms with Crippen molar-refractivity contribution in [2.75, 3.05) is 37.5 Å². The second-order valence-corrected chi connectivity index (χ2v) is 3.43. The molecule has 1 amide bonds. The highest BCUT2D eigenvalue weighted by atomic mass is 127. The normalized spacial score (nSPS) is 9.24. The lowest BCUT2D eigenvalue weighted by Crippen LogP contribution is -2.22. The van der Waals surface area contributed by atoms with Gasteiger partial charge in [-0.3, -0.25) is 5.32 Å². The molecule has 96 valence electrons. The molecule has 0 heterocycles. The zero-order chi connectivity index (χ0) is 13.1. The van der Waals surface area contributed by atoms with E-state index in [-0.39, 0.29) is 0 Å². The number of hydrogen-bond donors (Lipinski definition) is 1. The SMILES string of the molecule is CI.CN(C)CCOC(=O)Nc1ccccc1. The van der Waals surface area contributed by atoms with Gasteiger partial charge in [-0.05, 0) is 31.2 Å². The van der Waals surface area contributed by atoms with Crippen LogP contribution in [0.3, 0.4) is 0 Å². The van der Waals surface area contributed by atoms with Gasteiger partial charge in [-0.15, -0.1) is 0 Å². The molecule has 0 unspecified atom stereocenters. The number of likely N-dealkylation sites (N-methyl/N-ethyl adjacent to an activating group) is 1. The van der Waals surface area contributed by atoms with Crippen LogP contribution in [-0.2, 0) is 4.74 Å². The number of para-hydroxylation sites is 1. The zero-order valence-electron chi connectivity index (χ0n) is 10.4. The van der Waals surface area contributed by atoms with E-state index in [1.54, 1.807) is 0 Å². The van der Waals surface area contributed by atoms with Gasteiger partial charge >= 0.3 is 6.09 Å². The topological polar surface area (TPSA) is 41.6 Å². The summed E-state index contributed by atoms with van der Waals surface area (Å²) in [6, 6.07) is 9.23. The molecule has 0 aliphatic heterocycles. The number of benzene rings is 1. The van der Waals surface area contributed by atoms with Gasteiger partial charge in [0.25, 0.3) is 0 Å². The molecule has 0 aliphatic carbocycles. The van der Waals surface area contributed by atoms with Crippen LogP contribution in [0.15, 0.2) is 30.3 Å². The van der Waals surface area contributed by atoms with Crippen molar-refractivity contribution in [3.8, 4) is 0 Å². The van der Waals surface area contributed by atoms with Crippen LogP contribution in [0.4, 0.5) is 10.5 Å². The fourth-order valence-corrected chi connectivity index (χ4v) is 0.996. The highest BCUT2D eigenvalue weighted by molar-refractivity contribution is 14.1. The Morgan fingerprint density at radius 2 is 1.88 bits per heavy atom. The lowest BCUT2D eigenvalue weighted by Gasteiger charge is -2.10. The first kappa shape index (κ1) is 16.2. The highest BCUT2D eigenvalue weighted by Gasteiger charge is 2.01. The lowest BCUT2D eigenvalue weighted by atomic mass is 10.3. The van der Waals surface area contributed by atoms with Crippen molar-refractivity contribution in [2.45, 2.75) is 0 Å². The van der Waals surface area contributed by atoms with Crippen molar-refractivity contribution >= 4 is 34.4 Å². The monoisotopic (exact) mass is 350 g/mol. The summed E-state index contributed by atoms with van der Waals surface area (Å²) in [5.41, 5.74) is 0.743. The van der Waals surface area contributed by atoms with Crippen molar-refractivity contribution in [1.82, 2.24) is 4.90 Å². The maximum Gasteiger partial charge on any atom is 0.411 e. The summed E-state index contributed by atoms with van der Waals surface area (Å²) in [7, 11) is 3.86. The molecule has 4 nitrogen and oxygen atoms in total. The predicted octanol–water partition coefficient (Wildman–Crippen LogP) is 2.85. The number of nitrogens with one attached hydrogen (secondary N) is 1. The third-order valence-corrected chi connectivity index (χ3v) is 1.79. The van der Waals surface area contributed by atoms with Crippen LogP contribution in [0.2, 0.25) is 0 Å². The molecule has 1 N–H and O–H groups in total. The third-order valence-electron chi connectivity index (χ3n) is 1.79. The summed E-state index contributed by atoms with van der Waals surface area (Å²) in [4.78, 5) is 15.2. The number of carbonyl (C=O) groups is 1. The summed E-state index contributed by atoms with van der Waals surface area (Å²) in [6.07, 6.45) is -0.414. The Morgan fingerprint density at radius 1 is 1.29 bits per heavy atom. The van der Waals surface area contributed by atoms with Crippen molar-refractivity contribution in [3.05, 3.63) is 30.3 Å². The number of halogens is 1. The summed E-state index contributed by atoms with van der Waals surface area (Å²) >= 11 is 2.15. The van der Waals surface area contributed by atoms with Gasteiger partial charge in [0.1, 0.15) is 6.61 Å². The van der Waals surface area contributed by atoms with E-state index in [0.29, 0.717) is 6.61 Å². The Balaban J connectivity index is 0.00000121. The number of hydrogen-bond acceptors (Lipinski definition) is 3. The van der Waals surface area contributed by atoms with Crippen molar-refractivity contribution in [1.29, 1.82) is 0 Å². The quantitative estimate of drug-likeness (QED) is 0.671. The molecule has 0 radical (unpaired) electrons. The van der Waals surface area contributed by atoms with E-state index in [4.69, 9.17) is 4.74 Å². The van der Waals surface area contributed by atoms with Gasteiger partial charge < -0.3 is 9.64 Å². The molecule has 0 saturated heterocycles. The smallest absolute Gasteiger partial charge is 0.411 e. The van der Waals surface area contributed by atoms with E-state index in [1.165, 1.54) is 0 Å². The third kappa shape index (κ3) is 8.93. The van der Waals surface area contributed by atoms with Crippen LogP contribution in [0, 0.1) is 0 Å². The molecule has 17 heavy (non-hydrogen) atoms. The fourth-order valence-electron chi connectivity index (χ4n) is 0.996. The molecule has 0 saturated carbocycles. The maximum atomic E-state index is 11.2. The fraction of sp³-hybridized carbons (Fsp3) is 0.417. The first-order valence-corrected chi connectivity index (χ1v) is 7.35. The minimum atomic E-state index is -0.414. The van der Waals surface area contributed by atoms with Crippen molar-refractivity contribution < 1.29 is 9.53 Å². The Hall–Kier alpha value is -0.820. The Labute approximate surface area is 116 Å². The molecular weight excluding hydrogens is 331 g/mol. The number of rotatable bonds is 4. The number of nitrogens with zero attached hydrogens (tertiary/aromatic N) is 1. The summed E-state index contributed by atoms with van der Waals surface area (Å²) in [5.74, 6) is 0. The molecule has 0 bridgehead atoms. The van der Waals surface area contributed by atoms with Crippen LogP contribution >= 0.6 is 22.6 Å². The molecular formula is C12H19IN2O2. The van der Waals surface area contributed by atoms with Crippen LogP contribution in [0.1, 0.15) is 0 Å². The van der Waals surface area contributed by atoms with Crippen molar-refractivity contribution in [2.24, 2.45) is 0 Å². The average Bonchev–Trinajstić information content (AvgIpc) is 2.32. The highest BCUT2D eigenvalue weighted by Crippen LogP contribution is 2.04. The number of ether oxygens (including phenoxy) is 1. The number of carbonyl (C=O) groups excluding carboxylic acids is 1. The molecule has 1 rings (SSSR count). The second kappa shape index (κ2) is 10.3.